The first-order chi connectivity index (χ1) is 9.22. The molecule has 1 heterocycles. The molecule has 0 atom stereocenters. The zero-order valence-electron chi connectivity index (χ0n) is 10.4. The van der Waals surface area contributed by atoms with Gasteiger partial charge in [-0.1, -0.05) is 12.1 Å². The first kappa shape index (κ1) is 13.2. The smallest absolute Gasteiger partial charge is 0.239 e. The molecule has 6 nitrogen and oxygen atoms in total. The molecular weight excluding hydrogens is 249 g/mol. The third kappa shape index (κ3) is 3.36. The van der Waals surface area contributed by atoms with Crippen molar-refractivity contribution in [2.24, 2.45) is 5.84 Å². The van der Waals surface area contributed by atoms with Crippen LogP contribution in [0.1, 0.15) is 5.56 Å². The second-order valence-corrected chi connectivity index (χ2v) is 3.79. The average molecular weight is 263 g/mol. The summed E-state index contributed by atoms with van der Waals surface area (Å²) in [6.45, 7) is 0.484. The summed E-state index contributed by atoms with van der Waals surface area (Å²) in [7, 11) is 1.61. The van der Waals surface area contributed by atoms with Crippen LogP contribution in [-0.4, -0.2) is 17.1 Å². The lowest BCUT2D eigenvalue weighted by atomic mass is 10.2. The van der Waals surface area contributed by atoms with E-state index in [0.717, 1.165) is 11.8 Å². The summed E-state index contributed by atoms with van der Waals surface area (Å²) in [5.74, 6) is 4.81. The van der Waals surface area contributed by atoms with Crippen LogP contribution in [0.15, 0.2) is 30.5 Å². The quantitative estimate of drug-likeness (QED) is 0.563. The minimum atomic E-state index is -0.559. The molecule has 7 heteroatoms. The monoisotopic (exact) mass is 263 g/mol. The molecule has 1 aromatic carbocycles. The summed E-state index contributed by atoms with van der Waals surface area (Å²) in [5.41, 5.74) is 3.94. The maximum atomic E-state index is 13.6. The Hall–Kier alpha value is -2.25. The molecule has 2 aromatic rings. The minimum absolute atomic E-state index is 0.0533. The van der Waals surface area contributed by atoms with Gasteiger partial charge < -0.3 is 10.1 Å². The number of ether oxygens (including phenoxy) is 1. The number of halogens is 1. The van der Waals surface area contributed by atoms with Crippen LogP contribution in [0.3, 0.4) is 0 Å². The van der Waals surface area contributed by atoms with Gasteiger partial charge in [-0.3, -0.25) is 5.43 Å². The zero-order chi connectivity index (χ0) is 13.7. The number of hydrogen-bond donors (Lipinski definition) is 3. The summed E-state index contributed by atoms with van der Waals surface area (Å²) >= 11 is 0. The number of methoxy groups -OCH3 is 1. The molecular formula is C12H14FN5O. The molecule has 2 rings (SSSR count). The average Bonchev–Trinajstić information content (AvgIpc) is 2.42. The van der Waals surface area contributed by atoms with E-state index in [4.69, 9.17) is 10.6 Å². The molecule has 0 unspecified atom stereocenters. The molecule has 0 bridgehead atoms. The molecule has 0 amide bonds. The van der Waals surface area contributed by atoms with Gasteiger partial charge in [0.2, 0.25) is 5.95 Å². The molecule has 19 heavy (non-hydrogen) atoms. The van der Waals surface area contributed by atoms with Crippen LogP contribution in [-0.2, 0) is 11.3 Å². The van der Waals surface area contributed by atoms with Crippen molar-refractivity contribution < 1.29 is 9.13 Å². The number of nitrogens with zero attached hydrogens (tertiary/aromatic N) is 2. The Kier molecular flexibility index (Phi) is 4.22. The van der Waals surface area contributed by atoms with Crippen LogP contribution in [0.2, 0.25) is 0 Å². The molecule has 100 valence electrons. The van der Waals surface area contributed by atoms with Crippen molar-refractivity contribution in [3.63, 3.8) is 0 Å². The van der Waals surface area contributed by atoms with E-state index < -0.39 is 5.82 Å². The normalized spacial score (nSPS) is 10.3. The van der Waals surface area contributed by atoms with Crippen molar-refractivity contribution in [2.45, 2.75) is 6.61 Å². The molecule has 0 aliphatic carbocycles. The summed E-state index contributed by atoms with van der Waals surface area (Å²) in [5, 5.41) is 2.87. The molecule has 1 aromatic heterocycles. The van der Waals surface area contributed by atoms with E-state index in [9.17, 15) is 4.39 Å². The molecule has 0 saturated heterocycles. The lowest BCUT2D eigenvalue weighted by molar-refractivity contribution is 0.185. The van der Waals surface area contributed by atoms with E-state index in [2.05, 4.69) is 20.7 Å². The highest BCUT2D eigenvalue weighted by atomic mass is 19.1. The maximum Gasteiger partial charge on any atom is 0.239 e. The van der Waals surface area contributed by atoms with Crippen molar-refractivity contribution in [1.82, 2.24) is 9.97 Å². The summed E-state index contributed by atoms with van der Waals surface area (Å²) in [6, 6.07) is 7.41. The molecule has 0 saturated carbocycles. The van der Waals surface area contributed by atoms with Gasteiger partial charge in [0, 0.05) is 12.8 Å². The fourth-order valence-corrected chi connectivity index (χ4v) is 1.57. The number of rotatable bonds is 5. The van der Waals surface area contributed by atoms with Crippen LogP contribution in [0, 0.1) is 5.82 Å². The van der Waals surface area contributed by atoms with E-state index in [0.29, 0.717) is 12.3 Å². The lowest BCUT2D eigenvalue weighted by Gasteiger charge is -2.09. The van der Waals surface area contributed by atoms with E-state index >= 15 is 0 Å². The highest BCUT2D eigenvalue weighted by Gasteiger charge is 2.07. The second-order valence-electron chi connectivity index (χ2n) is 3.79. The molecule has 0 radical (unpaired) electrons. The molecule has 0 aliphatic heterocycles. The van der Waals surface area contributed by atoms with Gasteiger partial charge in [0.15, 0.2) is 11.6 Å². The summed E-state index contributed by atoms with van der Waals surface area (Å²) < 4.78 is 18.6. The van der Waals surface area contributed by atoms with Gasteiger partial charge in [0.05, 0.1) is 12.8 Å². The largest absolute Gasteiger partial charge is 0.380 e. The van der Waals surface area contributed by atoms with Crippen LogP contribution in [0.4, 0.5) is 21.8 Å². The van der Waals surface area contributed by atoms with Gasteiger partial charge in [0.25, 0.3) is 0 Å². The Morgan fingerprint density at radius 2 is 2.26 bits per heavy atom. The number of nitrogen functional groups attached to an aromatic ring is 1. The van der Waals surface area contributed by atoms with Crippen molar-refractivity contribution >= 4 is 17.5 Å². The van der Waals surface area contributed by atoms with Gasteiger partial charge in [-0.2, -0.15) is 4.98 Å². The van der Waals surface area contributed by atoms with Crippen LogP contribution in [0.25, 0.3) is 0 Å². The molecule has 0 aliphatic rings. The lowest BCUT2D eigenvalue weighted by Crippen LogP contribution is -2.12. The SMILES string of the molecule is COCc1cccc(Nc2nc(NN)ncc2F)c1. The number of benzene rings is 1. The zero-order valence-corrected chi connectivity index (χ0v) is 10.4. The van der Waals surface area contributed by atoms with Crippen molar-refractivity contribution in [3.8, 4) is 0 Å². The van der Waals surface area contributed by atoms with E-state index in [1.807, 2.05) is 18.2 Å². The number of hydrazine groups is 1. The number of hydrogen-bond acceptors (Lipinski definition) is 6. The molecule has 4 N–H and O–H groups in total. The summed E-state index contributed by atoms with van der Waals surface area (Å²) in [4.78, 5) is 7.56. The Balaban J connectivity index is 2.22. The standard InChI is InChI=1S/C12H14FN5O/c1-19-7-8-3-2-4-9(5-8)16-11-10(13)6-15-12(17-11)18-14/h2-6H,7,14H2,1H3,(H2,15,16,17,18). The number of nitrogens with one attached hydrogen (secondary N) is 2. The third-order valence-electron chi connectivity index (χ3n) is 2.37. The maximum absolute atomic E-state index is 13.6. The van der Waals surface area contributed by atoms with Crippen LogP contribution >= 0.6 is 0 Å². The summed E-state index contributed by atoms with van der Waals surface area (Å²) in [6.07, 6.45) is 1.05. The topological polar surface area (TPSA) is 85.1 Å². The third-order valence-corrected chi connectivity index (χ3v) is 2.37. The Bertz CT molecular complexity index is 564. The Labute approximate surface area is 109 Å². The van der Waals surface area contributed by atoms with E-state index in [-0.39, 0.29) is 11.8 Å². The highest BCUT2D eigenvalue weighted by Crippen LogP contribution is 2.19. The van der Waals surface area contributed by atoms with Gasteiger partial charge >= 0.3 is 0 Å². The van der Waals surface area contributed by atoms with Gasteiger partial charge in [-0.05, 0) is 17.7 Å². The van der Waals surface area contributed by atoms with E-state index in [1.165, 1.54) is 0 Å². The first-order valence-corrected chi connectivity index (χ1v) is 5.57. The number of nitrogens with two attached hydrogens (primary N) is 1. The Morgan fingerprint density at radius 1 is 1.42 bits per heavy atom. The van der Waals surface area contributed by atoms with Crippen molar-refractivity contribution in [1.29, 1.82) is 0 Å². The second kappa shape index (κ2) is 6.07. The first-order valence-electron chi connectivity index (χ1n) is 5.57. The fraction of sp³-hybridized carbons (Fsp3) is 0.167. The highest BCUT2D eigenvalue weighted by molar-refractivity contribution is 5.58. The van der Waals surface area contributed by atoms with Crippen molar-refractivity contribution in [2.75, 3.05) is 17.9 Å². The van der Waals surface area contributed by atoms with Crippen LogP contribution in [0.5, 0.6) is 0 Å². The van der Waals surface area contributed by atoms with Gasteiger partial charge in [-0.25, -0.2) is 15.2 Å². The fourth-order valence-electron chi connectivity index (χ4n) is 1.57. The number of anilines is 3. The molecule has 0 fully saturated rings. The van der Waals surface area contributed by atoms with Gasteiger partial charge in [0.1, 0.15) is 0 Å². The minimum Gasteiger partial charge on any atom is -0.380 e. The van der Waals surface area contributed by atoms with Crippen molar-refractivity contribution in [3.05, 3.63) is 41.8 Å². The van der Waals surface area contributed by atoms with Crippen LogP contribution < -0.4 is 16.6 Å². The predicted octanol–water partition coefficient (Wildman–Crippen LogP) is 1.79. The van der Waals surface area contributed by atoms with E-state index in [1.54, 1.807) is 13.2 Å². The predicted molar refractivity (Wildman–Crippen MR) is 70.2 cm³/mol. The Morgan fingerprint density at radius 3 is 3.00 bits per heavy atom. The number of aromatic nitrogens is 2. The van der Waals surface area contributed by atoms with Gasteiger partial charge in [-0.15, -0.1) is 0 Å². The molecule has 0 spiro atoms.